The van der Waals surface area contributed by atoms with Gasteiger partial charge in [-0.2, -0.15) is 0 Å². The van der Waals surface area contributed by atoms with Crippen LogP contribution in [0.4, 0.5) is 0 Å². The molecule has 1 unspecified atom stereocenters. The Bertz CT molecular complexity index is 305. The topological polar surface area (TPSA) is 37.3 Å². The van der Waals surface area contributed by atoms with Crippen molar-refractivity contribution in [3.05, 3.63) is 29.8 Å². The number of hydrogen-bond acceptors (Lipinski definition) is 2. The van der Waals surface area contributed by atoms with Gasteiger partial charge in [-0.25, -0.2) is 0 Å². The smallest absolute Gasteiger partial charge is 0.127 e. The van der Waals surface area contributed by atoms with E-state index < -0.39 is 0 Å². The highest BCUT2D eigenvalue weighted by molar-refractivity contribution is 5.64. The standard InChI is InChI=1S/C12H16O2/c1-9(2)7-10(8-13)11-5-3-4-6-12(11)14/h3-6,8-10,14H,7H2,1-2H3. The fourth-order valence-corrected chi connectivity index (χ4v) is 1.56. The number of aromatic hydroxyl groups is 1. The molecule has 76 valence electrons. The highest BCUT2D eigenvalue weighted by Crippen LogP contribution is 2.28. The molecule has 1 N–H and O–H groups in total. The van der Waals surface area contributed by atoms with E-state index in [0.717, 1.165) is 18.3 Å². The van der Waals surface area contributed by atoms with Gasteiger partial charge in [-0.1, -0.05) is 32.0 Å². The quantitative estimate of drug-likeness (QED) is 0.745. The number of aldehydes is 1. The van der Waals surface area contributed by atoms with Gasteiger partial charge < -0.3 is 9.90 Å². The van der Waals surface area contributed by atoms with Gasteiger partial charge in [-0.05, 0) is 18.4 Å². The van der Waals surface area contributed by atoms with Crippen LogP contribution in [0.25, 0.3) is 0 Å². The Morgan fingerprint density at radius 1 is 1.36 bits per heavy atom. The molecule has 0 saturated carbocycles. The fraction of sp³-hybridized carbons (Fsp3) is 0.417. The van der Waals surface area contributed by atoms with Crippen molar-refractivity contribution in [1.29, 1.82) is 0 Å². The predicted octanol–water partition coefficient (Wildman–Crippen LogP) is 2.72. The average Bonchev–Trinajstić information content (AvgIpc) is 2.15. The van der Waals surface area contributed by atoms with Gasteiger partial charge in [0.1, 0.15) is 12.0 Å². The minimum atomic E-state index is -0.184. The number of carbonyl (C=O) groups excluding carboxylic acids is 1. The van der Waals surface area contributed by atoms with E-state index in [-0.39, 0.29) is 11.7 Å². The molecule has 0 aliphatic heterocycles. The zero-order chi connectivity index (χ0) is 10.6. The molecular weight excluding hydrogens is 176 g/mol. The third-order valence-corrected chi connectivity index (χ3v) is 2.23. The van der Waals surface area contributed by atoms with Crippen LogP contribution in [0.3, 0.4) is 0 Å². The van der Waals surface area contributed by atoms with Gasteiger partial charge in [0.15, 0.2) is 0 Å². The second-order valence-electron chi connectivity index (χ2n) is 3.93. The third kappa shape index (κ3) is 2.59. The molecule has 1 rings (SSSR count). The molecule has 0 heterocycles. The summed E-state index contributed by atoms with van der Waals surface area (Å²) < 4.78 is 0. The monoisotopic (exact) mass is 192 g/mol. The van der Waals surface area contributed by atoms with Crippen LogP contribution in [0.2, 0.25) is 0 Å². The molecule has 0 aliphatic carbocycles. The Balaban J connectivity index is 2.89. The Labute approximate surface area is 84.6 Å². The van der Waals surface area contributed by atoms with Crippen molar-refractivity contribution in [2.24, 2.45) is 5.92 Å². The molecule has 1 aromatic carbocycles. The van der Waals surface area contributed by atoms with Crippen LogP contribution < -0.4 is 0 Å². The number of carbonyl (C=O) groups is 1. The number of rotatable bonds is 4. The molecule has 2 nitrogen and oxygen atoms in total. The van der Waals surface area contributed by atoms with Crippen LogP contribution >= 0.6 is 0 Å². The Kier molecular flexibility index (Phi) is 3.69. The van der Waals surface area contributed by atoms with Crippen LogP contribution in [-0.4, -0.2) is 11.4 Å². The largest absolute Gasteiger partial charge is 0.508 e. The SMILES string of the molecule is CC(C)CC(C=O)c1ccccc1O. The number of phenols is 1. The molecule has 0 saturated heterocycles. The van der Waals surface area contributed by atoms with E-state index in [9.17, 15) is 9.90 Å². The Hall–Kier alpha value is -1.31. The average molecular weight is 192 g/mol. The maximum absolute atomic E-state index is 10.9. The summed E-state index contributed by atoms with van der Waals surface area (Å²) in [6.07, 6.45) is 1.69. The molecule has 0 spiro atoms. The van der Waals surface area contributed by atoms with Gasteiger partial charge >= 0.3 is 0 Å². The van der Waals surface area contributed by atoms with Crippen molar-refractivity contribution < 1.29 is 9.90 Å². The second kappa shape index (κ2) is 4.80. The molecule has 0 fully saturated rings. The Morgan fingerprint density at radius 3 is 2.50 bits per heavy atom. The van der Waals surface area contributed by atoms with E-state index >= 15 is 0 Å². The zero-order valence-corrected chi connectivity index (χ0v) is 8.60. The lowest BCUT2D eigenvalue weighted by atomic mass is 9.91. The van der Waals surface area contributed by atoms with Gasteiger partial charge in [0.25, 0.3) is 0 Å². The predicted molar refractivity (Wildman–Crippen MR) is 56.4 cm³/mol. The molecule has 1 aromatic rings. The van der Waals surface area contributed by atoms with Gasteiger partial charge in [0.05, 0.1) is 0 Å². The summed E-state index contributed by atoms with van der Waals surface area (Å²) in [7, 11) is 0. The van der Waals surface area contributed by atoms with E-state index in [2.05, 4.69) is 13.8 Å². The first-order valence-corrected chi connectivity index (χ1v) is 4.88. The number of benzene rings is 1. The maximum atomic E-state index is 10.9. The summed E-state index contributed by atoms with van der Waals surface area (Å²) in [6, 6.07) is 7.02. The van der Waals surface area contributed by atoms with E-state index in [0.29, 0.717) is 5.92 Å². The van der Waals surface area contributed by atoms with E-state index in [1.54, 1.807) is 18.2 Å². The lowest BCUT2D eigenvalue weighted by Gasteiger charge is -2.14. The van der Waals surface area contributed by atoms with E-state index in [4.69, 9.17) is 0 Å². The fourth-order valence-electron chi connectivity index (χ4n) is 1.56. The first kappa shape index (κ1) is 10.8. The minimum absolute atomic E-state index is 0.184. The maximum Gasteiger partial charge on any atom is 0.127 e. The van der Waals surface area contributed by atoms with E-state index in [1.807, 2.05) is 6.07 Å². The highest BCUT2D eigenvalue weighted by Gasteiger charge is 2.15. The summed E-state index contributed by atoms with van der Waals surface area (Å²) in [5, 5.41) is 9.57. The molecular formula is C12H16O2. The van der Waals surface area contributed by atoms with Gasteiger partial charge in [0, 0.05) is 11.5 Å². The Morgan fingerprint density at radius 2 is 2.00 bits per heavy atom. The summed E-state index contributed by atoms with van der Waals surface area (Å²) in [5.41, 5.74) is 0.733. The van der Waals surface area contributed by atoms with Crippen LogP contribution in [0.15, 0.2) is 24.3 Å². The summed E-state index contributed by atoms with van der Waals surface area (Å²) in [6.45, 7) is 4.13. The van der Waals surface area contributed by atoms with Crippen molar-refractivity contribution in [1.82, 2.24) is 0 Å². The molecule has 14 heavy (non-hydrogen) atoms. The lowest BCUT2D eigenvalue weighted by molar-refractivity contribution is -0.109. The molecule has 0 radical (unpaired) electrons. The molecule has 0 amide bonds. The number of phenolic OH excluding ortho intramolecular Hbond substituents is 1. The number of para-hydroxylation sites is 1. The molecule has 0 bridgehead atoms. The van der Waals surface area contributed by atoms with Gasteiger partial charge in [0.2, 0.25) is 0 Å². The number of hydrogen-bond donors (Lipinski definition) is 1. The van der Waals surface area contributed by atoms with Crippen molar-refractivity contribution in [3.8, 4) is 5.75 Å². The van der Waals surface area contributed by atoms with Crippen LogP contribution in [0, 0.1) is 5.92 Å². The first-order valence-electron chi connectivity index (χ1n) is 4.88. The van der Waals surface area contributed by atoms with Crippen molar-refractivity contribution >= 4 is 6.29 Å². The van der Waals surface area contributed by atoms with Crippen LogP contribution in [-0.2, 0) is 4.79 Å². The second-order valence-corrected chi connectivity index (χ2v) is 3.93. The molecule has 0 aliphatic rings. The third-order valence-electron chi connectivity index (χ3n) is 2.23. The normalized spacial score (nSPS) is 12.8. The molecule has 0 aromatic heterocycles. The van der Waals surface area contributed by atoms with Gasteiger partial charge in [-0.15, -0.1) is 0 Å². The van der Waals surface area contributed by atoms with Crippen LogP contribution in [0.1, 0.15) is 31.7 Å². The summed E-state index contributed by atoms with van der Waals surface area (Å²) in [4.78, 5) is 10.9. The van der Waals surface area contributed by atoms with E-state index in [1.165, 1.54) is 0 Å². The van der Waals surface area contributed by atoms with Crippen molar-refractivity contribution in [3.63, 3.8) is 0 Å². The highest BCUT2D eigenvalue weighted by atomic mass is 16.3. The van der Waals surface area contributed by atoms with Gasteiger partial charge in [-0.3, -0.25) is 0 Å². The summed E-state index contributed by atoms with van der Waals surface area (Å²) in [5.74, 6) is 0.478. The minimum Gasteiger partial charge on any atom is -0.508 e. The first-order chi connectivity index (χ1) is 6.65. The van der Waals surface area contributed by atoms with Crippen molar-refractivity contribution in [2.75, 3.05) is 0 Å². The summed E-state index contributed by atoms with van der Waals surface area (Å²) >= 11 is 0. The van der Waals surface area contributed by atoms with Crippen molar-refractivity contribution in [2.45, 2.75) is 26.2 Å². The lowest BCUT2D eigenvalue weighted by Crippen LogP contribution is -2.04. The molecule has 2 heteroatoms. The molecule has 1 atom stereocenters. The van der Waals surface area contributed by atoms with Crippen LogP contribution in [0.5, 0.6) is 5.75 Å². The zero-order valence-electron chi connectivity index (χ0n) is 8.60.